The topological polar surface area (TPSA) is 38.3 Å². The largest absolute Gasteiger partial charge is 0.468 e. The normalized spacial score (nSPS) is 12.6. The fourth-order valence-electron chi connectivity index (χ4n) is 1.66. The Balaban J connectivity index is 2.86. The van der Waals surface area contributed by atoms with Gasteiger partial charge < -0.3 is 4.74 Å². The van der Waals surface area contributed by atoms with E-state index in [4.69, 9.17) is 39.5 Å². The van der Waals surface area contributed by atoms with Crippen LogP contribution in [-0.2, 0) is 16.1 Å². The molecule has 0 amide bonds. The summed E-state index contributed by atoms with van der Waals surface area (Å²) in [5.74, 6) is -0.228. The zero-order valence-electron chi connectivity index (χ0n) is 11.0. The highest BCUT2D eigenvalue weighted by molar-refractivity contribution is 6.44. The molecule has 0 aromatic heterocycles. The van der Waals surface area contributed by atoms with Crippen LogP contribution in [0, 0.1) is 5.92 Å². The van der Waals surface area contributed by atoms with Crippen molar-refractivity contribution in [2.45, 2.75) is 26.4 Å². The second-order valence-electron chi connectivity index (χ2n) is 4.45. The maximum atomic E-state index is 11.6. The molecule has 0 aliphatic heterocycles. The zero-order chi connectivity index (χ0) is 14.6. The summed E-state index contributed by atoms with van der Waals surface area (Å²) in [4.78, 5) is 11.6. The van der Waals surface area contributed by atoms with E-state index in [0.29, 0.717) is 27.2 Å². The Hall–Kier alpha value is -0.480. The summed E-state index contributed by atoms with van der Waals surface area (Å²) >= 11 is 18.1. The SMILES string of the molecule is COC(=O)[C@@H](NCc1c(Cl)ccc(Cl)c1Cl)C(C)C. The zero-order valence-corrected chi connectivity index (χ0v) is 13.2. The monoisotopic (exact) mass is 323 g/mol. The average molecular weight is 325 g/mol. The number of benzene rings is 1. The Kier molecular flexibility index (Phi) is 6.40. The van der Waals surface area contributed by atoms with Crippen LogP contribution >= 0.6 is 34.8 Å². The Morgan fingerprint density at radius 3 is 2.37 bits per heavy atom. The molecular formula is C13H16Cl3NO2. The minimum atomic E-state index is -0.420. The van der Waals surface area contributed by atoms with Crippen molar-refractivity contribution in [1.29, 1.82) is 0 Å². The van der Waals surface area contributed by atoms with Crippen molar-refractivity contribution in [3.05, 3.63) is 32.8 Å². The van der Waals surface area contributed by atoms with Crippen LogP contribution in [0.25, 0.3) is 0 Å². The van der Waals surface area contributed by atoms with E-state index in [1.807, 2.05) is 13.8 Å². The number of hydrogen-bond acceptors (Lipinski definition) is 3. The number of rotatable bonds is 5. The lowest BCUT2D eigenvalue weighted by atomic mass is 10.0. The third-order valence-electron chi connectivity index (χ3n) is 2.76. The van der Waals surface area contributed by atoms with E-state index in [0.717, 1.165) is 0 Å². The van der Waals surface area contributed by atoms with E-state index >= 15 is 0 Å². The summed E-state index contributed by atoms with van der Waals surface area (Å²) in [6.45, 7) is 4.20. The maximum absolute atomic E-state index is 11.6. The molecule has 1 N–H and O–H groups in total. The summed E-state index contributed by atoms with van der Waals surface area (Å²) in [7, 11) is 1.36. The van der Waals surface area contributed by atoms with Gasteiger partial charge in [-0.05, 0) is 18.1 Å². The fraction of sp³-hybridized carbons (Fsp3) is 0.462. The van der Waals surface area contributed by atoms with Crippen LogP contribution in [0.2, 0.25) is 15.1 Å². The van der Waals surface area contributed by atoms with Gasteiger partial charge in [-0.2, -0.15) is 0 Å². The molecule has 1 rings (SSSR count). The van der Waals surface area contributed by atoms with Crippen LogP contribution < -0.4 is 5.32 Å². The van der Waals surface area contributed by atoms with Crippen molar-refractivity contribution < 1.29 is 9.53 Å². The van der Waals surface area contributed by atoms with Gasteiger partial charge in [-0.1, -0.05) is 48.7 Å². The number of hydrogen-bond donors (Lipinski definition) is 1. The van der Waals surface area contributed by atoms with Gasteiger partial charge in [-0.3, -0.25) is 10.1 Å². The van der Waals surface area contributed by atoms with Crippen molar-refractivity contribution in [3.63, 3.8) is 0 Å². The molecule has 0 bridgehead atoms. The van der Waals surface area contributed by atoms with E-state index in [-0.39, 0.29) is 11.9 Å². The number of esters is 1. The Morgan fingerprint density at radius 1 is 1.26 bits per heavy atom. The van der Waals surface area contributed by atoms with E-state index in [9.17, 15) is 4.79 Å². The molecule has 0 radical (unpaired) electrons. The van der Waals surface area contributed by atoms with Gasteiger partial charge in [0.15, 0.2) is 0 Å². The average Bonchev–Trinajstić information content (AvgIpc) is 2.37. The molecule has 0 unspecified atom stereocenters. The van der Waals surface area contributed by atoms with Gasteiger partial charge in [0.2, 0.25) is 0 Å². The van der Waals surface area contributed by atoms with Crippen LogP contribution in [0.15, 0.2) is 12.1 Å². The van der Waals surface area contributed by atoms with E-state index in [1.54, 1.807) is 12.1 Å². The van der Waals surface area contributed by atoms with Gasteiger partial charge >= 0.3 is 5.97 Å². The summed E-state index contributed by atoms with van der Waals surface area (Å²) < 4.78 is 4.75. The van der Waals surface area contributed by atoms with Crippen molar-refractivity contribution in [2.75, 3.05) is 7.11 Å². The lowest BCUT2D eigenvalue weighted by Gasteiger charge is -2.20. The highest BCUT2D eigenvalue weighted by Gasteiger charge is 2.23. The number of ether oxygens (including phenoxy) is 1. The molecule has 0 saturated carbocycles. The summed E-state index contributed by atoms with van der Waals surface area (Å²) in [5, 5.41) is 4.43. The lowest BCUT2D eigenvalue weighted by molar-refractivity contribution is -0.144. The van der Waals surface area contributed by atoms with Crippen molar-refractivity contribution in [3.8, 4) is 0 Å². The minimum Gasteiger partial charge on any atom is -0.468 e. The summed E-state index contributed by atoms with van der Waals surface area (Å²) in [6.07, 6.45) is 0. The van der Waals surface area contributed by atoms with Crippen molar-refractivity contribution in [2.24, 2.45) is 5.92 Å². The molecule has 3 nitrogen and oxygen atoms in total. The number of carbonyl (C=O) groups excluding carboxylic acids is 1. The van der Waals surface area contributed by atoms with Gasteiger partial charge in [-0.15, -0.1) is 0 Å². The predicted molar refractivity (Wildman–Crippen MR) is 79.0 cm³/mol. The quantitative estimate of drug-likeness (QED) is 0.658. The van der Waals surface area contributed by atoms with Crippen LogP contribution in [0.5, 0.6) is 0 Å². The third-order valence-corrected chi connectivity index (χ3v) is 3.96. The molecule has 1 aromatic carbocycles. The Labute approximate surface area is 128 Å². The molecule has 0 aliphatic carbocycles. The first-order valence-electron chi connectivity index (χ1n) is 5.82. The summed E-state index contributed by atoms with van der Waals surface area (Å²) in [5.41, 5.74) is 0.672. The molecule has 0 spiro atoms. The molecule has 106 valence electrons. The number of methoxy groups -OCH3 is 1. The summed E-state index contributed by atoms with van der Waals surface area (Å²) in [6, 6.07) is 2.89. The van der Waals surface area contributed by atoms with Crippen LogP contribution in [0.3, 0.4) is 0 Å². The second kappa shape index (κ2) is 7.34. The van der Waals surface area contributed by atoms with Gasteiger partial charge in [0.05, 0.1) is 17.2 Å². The standard InChI is InChI=1S/C13H16Cl3NO2/c1-7(2)12(13(18)19-3)17-6-8-9(14)4-5-10(15)11(8)16/h4-5,7,12,17H,6H2,1-3H3/t12-/m0/s1. The molecule has 0 aliphatic rings. The lowest BCUT2D eigenvalue weighted by Crippen LogP contribution is -2.41. The van der Waals surface area contributed by atoms with E-state index < -0.39 is 6.04 Å². The van der Waals surface area contributed by atoms with Crippen LogP contribution in [-0.4, -0.2) is 19.1 Å². The first kappa shape index (κ1) is 16.6. The van der Waals surface area contributed by atoms with Crippen LogP contribution in [0.1, 0.15) is 19.4 Å². The highest BCUT2D eigenvalue weighted by atomic mass is 35.5. The molecule has 0 fully saturated rings. The predicted octanol–water partition coefficient (Wildman–Crippen LogP) is 3.93. The van der Waals surface area contributed by atoms with E-state index in [2.05, 4.69) is 5.32 Å². The van der Waals surface area contributed by atoms with Crippen molar-refractivity contribution in [1.82, 2.24) is 5.32 Å². The number of carbonyl (C=O) groups is 1. The minimum absolute atomic E-state index is 0.0872. The molecule has 0 heterocycles. The number of nitrogens with one attached hydrogen (secondary N) is 1. The molecule has 19 heavy (non-hydrogen) atoms. The Bertz CT molecular complexity index is 463. The van der Waals surface area contributed by atoms with Crippen LogP contribution in [0.4, 0.5) is 0 Å². The van der Waals surface area contributed by atoms with Gasteiger partial charge in [0.1, 0.15) is 6.04 Å². The smallest absolute Gasteiger partial charge is 0.323 e. The van der Waals surface area contributed by atoms with Gasteiger partial charge in [-0.25, -0.2) is 0 Å². The molecular weight excluding hydrogens is 309 g/mol. The molecule has 1 atom stereocenters. The molecule has 0 saturated heterocycles. The second-order valence-corrected chi connectivity index (χ2v) is 5.64. The maximum Gasteiger partial charge on any atom is 0.323 e. The molecule has 6 heteroatoms. The first-order valence-corrected chi connectivity index (χ1v) is 6.95. The fourth-order valence-corrected chi connectivity index (χ4v) is 2.34. The van der Waals surface area contributed by atoms with Crippen molar-refractivity contribution >= 4 is 40.8 Å². The van der Waals surface area contributed by atoms with E-state index in [1.165, 1.54) is 7.11 Å². The third kappa shape index (κ3) is 4.25. The van der Waals surface area contributed by atoms with Gasteiger partial charge in [0.25, 0.3) is 0 Å². The Morgan fingerprint density at radius 2 is 1.84 bits per heavy atom. The molecule has 1 aromatic rings. The van der Waals surface area contributed by atoms with Gasteiger partial charge in [0, 0.05) is 17.1 Å². The number of halogens is 3. The highest BCUT2D eigenvalue weighted by Crippen LogP contribution is 2.31. The first-order chi connectivity index (χ1) is 8.88.